The highest BCUT2D eigenvalue weighted by Crippen LogP contribution is 2.38. The van der Waals surface area contributed by atoms with Crippen LogP contribution in [0, 0.1) is 0 Å². The third-order valence-corrected chi connectivity index (χ3v) is 5.50. The molecule has 2 aromatic rings. The highest BCUT2D eigenvalue weighted by Gasteiger charge is 2.32. The van der Waals surface area contributed by atoms with Gasteiger partial charge in [0.1, 0.15) is 11.5 Å². The van der Waals surface area contributed by atoms with Crippen molar-refractivity contribution < 1.29 is 19.1 Å². The van der Waals surface area contributed by atoms with E-state index in [1.807, 2.05) is 12.1 Å². The summed E-state index contributed by atoms with van der Waals surface area (Å²) < 4.78 is 10.7. The van der Waals surface area contributed by atoms with Crippen molar-refractivity contribution >= 4 is 35.0 Å². The summed E-state index contributed by atoms with van der Waals surface area (Å²) in [7, 11) is 3.19. The molecule has 1 fully saturated rings. The normalized spacial score (nSPS) is 15.9. The Kier molecular flexibility index (Phi) is 6.87. The fraction of sp³-hybridized carbons (Fsp3) is 0.333. The molecule has 0 spiro atoms. The van der Waals surface area contributed by atoms with E-state index in [-0.39, 0.29) is 29.1 Å². The van der Waals surface area contributed by atoms with Gasteiger partial charge in [0.05, 0.1) is 37.4 Å². The standard InChI is InChI=1S/C21H22Cl2N2O4/c1-28-14-6-8-16(19(11-14)29-2)18-4-3-9-25(18)20(26)12-24-21(27)15-7-5-13(22)10-17(15)23/h5-8,10-11,18H,3-4,9,12H2,1-2H3,(H,24,27). The van der Waals surface area contributed by atoms with Crippen LogP contribution in [0.1, 0.15) is 34.8 Å². The molecular weight excluding hydrogens is 415 g/mol. The van der Waals surface area contributed by atoms with E-state index in [2.05, 4.69) is 5.32 Å². The zero-order valence-corrected chi connectivity index (χ0v) is 17.7. The summed E-state index contributed by atoms with van der Waals surface area (Å²) in [5, 5.41) is 3.33. The molecule has 1 atom stereocenters. The van der Waals surface area contributed by atoms with Gasteiger partial charge in [0.25, 0.3) is 5.91 Å². The molecule has 0 radical (unpaired) electrons. The van der Waals surface area contributed by atoms with Crippen LogP contribution in [0.4, 0.5) is 0 Å². The molecule has 1 unspecified atom stereocenters. The second-order valence-electron chi connectivity index (χ2n) is 6.66. The van der Waals surface area contributed by atoms with Gasteiger partial charge in [-0.1, -0.05) is 23.2 Å². The van der Waals surface area contributed by atoms with Crippen LogP contribution in [-0.4, -0.2) is 44.0 Å². The van der Waals surface area contributed by atoms with Crippen LogP contribution >= 0.6 is 23.2 Å². The van der Waals surface area contributed by atoms with Crippen LogP contribution < -0.4 is 14.8 Å². The summed E-state index contributed by atoms with van der Waals surface area (Å²) in [6, 6.07) is 10.1. The van der Waals surface area contributed by atoms with Gasteiger partial charge in [0.2, 0.25) is 5.91 Å². The SMILES string of the molecule is COc1ccc(C2CCCN2C(=O)CNC(=O)c2ccc(Cl)cc2Cl)c(OC)c1. The summed E-state index contributed by atoms with van der Waals surface area (Å²) in [6.45, 7) is 0.503. The van der Waals surface area contributed by atoms with Gasteiger partial charge in [-0.25, -0.2) is 0 Å². The zero-order chi connectivity index (χ0) is 21.0. The monoisotopic (exact) mass is 436 g/mol. The third-order valence-electron chi connectivity index (χ3n) is 4.95. The van der Waals surface area contributed by atoms with E-state index in [0.29, 0.717) is 23.1 Å². The number of nitrogens with one attached hydrogen (secondary N) is 1. The smallest absolute Gasteiger partial charge is 0.253 e. The zero-order valence-electron chi connectivity index (χ0n) is 16.2. The highest BCUT2D eigenvalue weighted by atomic mass is 35.5. The van der Waals surface area contributed by atoms with Crippen molar-refractivity contribution in [1.29, 1.82) is 0 Å². The number of likely N-dealkylation sites (tertiary alicyclic amines) is 1. The fourth-order valence-corrected chi connectivity index (χ4v) is 4.00. The number of hydrogen-bond donors (Lipinski definition) is 1. The molecule has 8 heteroatoms. The Morgan fingerprint density at radius 2 is 1.93 bits per heavy atom. The number of carbonyl (C=O) groups is 2. The quantitative estimate of drug-likeness (QED) is 0.739. The maximum Gasteiger partial charge on any atom is 0.253 e. The number of amides is 2. The average Bonchev–Trinajstić information content (AvgIpc) is 3.21. The van der Waals surface area contributed by atoms with E-state index in [1.165, 1.54) is 12.1 Å². The Labute approximate surface area is 179 Å². The molecule has 1 saturated heterocycles. The second kappa shape index (κ2) is 9.37. The maximum atomic E-state index is 12.8. The van der Waals surface area contributed by atoms with E-state index in [0.717, 1.165) is 18.4 Å². The lowest BCUT2D eigenvalue weighted by Crippen LogP contribution is -2.40. The van der Waals surface area contributed by atoms with E-state index in [1.54, 1.807) is 31.3 Å². The van der Waals surface area contributed by atoms with Crippen molar-refractivity contribution in [3.63, 3.8) is 0 Å². The maximum absolute atomic E-state index is 12.8. The number of methoxy groups -OCH3 is 2. The van der Waals surface area contributed by atoms with Crippen LogP contribution in [-0.2, 0) is 4.79 Å². The molecule has 29 heavy (non-hydrogen) atoms. The number of carbonyl (C=O) groups excluding carboxylic acids is 2. The molecule has 154 valence electrons. The van der Waals surface area contributed by atoms with E-state index in [4.69, 9.17) is 32.7 Å². The molecule has 1 heterocycles. The van der Waals surface area contributed by atoms with Crippen LogP contribution in [0.3, 0.4) is 0 Å². The van der Waals surface area contributed by atoms with Gasteiger partial charge in [0.15, 0.2) is 0 Å². The summed E-state index contributed by atoms with van der Waals surface area (Å²) >= 11 is 11.9. The van der Waals surface area contributed by atoms with Crippen molar-refractivity contribution in [2.75, 3.05) is 27.3 Å². The highest BCUT2D eigenvalue weighted by molar-refractivity contribution is 6.36. The molecule has 1 aliphatic rings. The largest absolute Gasteiger partial charge is 0.497 e. The first-order chi connectivity index (χ1) is 13.9. The Hall–Kier alpha value is -2.44. The van der Waals surface area contributed by atoms with E-state index < -0.39 is 5.91 Å². The first kappa shape index (κ1) is 21.3. The Morgan fingerprint density at radius 1 is 1.14 bits per heavy atom. The van der Waals surface area contributed by atoms with Crippen molar-refractivity contribution in [3.8, 4) is 11.5 Å². The van der Waals surface area contributed by atoms with Gasteiger partial charge < -0.3 is 19.7 Å². The van der Waals surface area contributed by atoms with Gasteiger partial charge in [-0.05, 0) is 43.2 Å². The minimum Gasteiger partial charge on any atom is -0.497 e. The number of rotatable bonds is 6. The average molecular weight is 437 g/mol. The van der Waals surface area contributed by atoms with Crippen molar-refractivity contribution in [2.24, 2.45) is 0 Å². The molecule has 2 amide bonds. The molecule has 1 aliphatic heterocycles. The Balaban J connectivity index is 1.69. The van der Waals surface area contributed by atoms with Gasteiger partial charge in [-0.15, -0.1) is 0 Å². The van der Waals surface area contributed by atoms with E-state index in [9.17, 15) is 9.59 Å². The summed E-state index contributed by atoms with van der Waals surface area (Å²) in [5.41, 5.74) is 1.20. The lowest BCUT2D eigenvalue weighted by Gasteiger charge is -2.26. The predicted molar refractivity (Wildman–Crippen MR) is 112 cm³/mol. The molecule has 6 nitrogen and oxygen atoms in total. The van der Waals surface area contributed by atoms with Crippen LogP contribution in [0.15, 0.2) is 36.4 Å². The summed E-state index contributed by atoms with van der Waals surface area (Å²) in [6.07, 6.45) is 1.70. The summed E-state index contributed by atoms with van der Waals surface area (Å²) in [4.78, 5) is 27.0. The van der Waals surface area contributed by atoms with Gasteiger partial charge in [-0.3, -0.25) is 9.59 Å². The van der Waals surface area contributed by atoms with Crippen molar-refractivity contribution in [3.05, 3.63) is 57.6 Å². The Bertz CT molecular complexity index is 920. The predicted octanol–water partition coefficient (Wildman–Crippen LogP) is 4.10. The fourth-order valence-electron chi connectivity index (χ4n) is 3.51. The molecular formula is C21H22Cl2N2O4. The molecule has 2 aromatic carbocycles. The van der Waals surface area contributed by atoms with Crippen molar-refractivity contribution in [2.45, 2.75) is 18.9 Å². The second-order valence-corrected chi connectivity index (χ2v) is 7.50. The van der Waals surface area contributed by atoms with Gasteiger partial charge >= 0.3 is 0 Å². The van der Waals surface area contributed by atoms with Gasteiger partial charge in [-0.2, -0.15) is 0 Å². The van der Waals surface area contributed by atoms with Gasteiger partial charge in [0, 0.05) is 23.2 Å². The van der Waals surface area contributed by atoms with Crippen LogP contribution in [0.5, 0.6) is 11.5 Å². The molecule has 0 aromatic heterocycles. The lowest BCUT2D eigenvalue weighted by atomic mass is 10.0. The topological polar surface area (TPSA) is 67.9 Å². The van der Waals surface area contributed by atoms with E-state index >= 15 is 0 Å². The number of benzene rings is 2. The third kappa shape index (κ3) is 4.77. The first-order valence-electron chi connectivity index (χ1n) is 9.19. The Morgan fingerprint density at radius 3 is 2.62 bits per heavy atom. The lowest BCUT2D eigenvalue weighted by molar-refractivity contribution is -0.131. The molecule has 3 rings (SSSR count). The number of halogens is 2. The minimum atomic E-state index is -0.419. The van der Waals surface area contributed by atoms with Crippen LogP contribution in [0.2, 0.25) is 10.0 Å². The molecule has 0 aliphatic carbocycles. The first-order valence-corrected chi connectivity index (χ1v) is 9.95. The number of hydrogen-bond acceptors (Lipinski definition) is 4. The molecule has 1 N–H and O–H groups in total. The van der Waals surface area contributed by atoms with Crippen LogP contribution in [0.25, 0.3) is 0 Å². The molecule has 0 bridgehead atoms. The number of nitrogens with zero attached hydrogens (tertiary/aromatic N) is 1. The number of ether oxygens (including phenoxy) is 2. The summed E-state index contributed by atoms with van der Waals surface area (Å²) in [5.74, 6) is 0.779. The molecule has 0 saturated carbocycles. The minimum absolute atomic E-state index is 0.112. The van der Waals surface area contributed by atoms with Crippen molar-refractivity contribution in [1.82, 2.24) is 10.2 Å².